The van der Waals surface area contributed by atoms with Gasteiger partial charge in [-0.1, -0.05) is 6.07 Å². The van der Waals surface area contributed by atoms with Gasteiger partial charge in [0.25, 0.3) is 0 Å². The normalized spacial score (nSPS) is 20.5. The zero-order valence-electron chi connectivity index (χ0n) is 9.22. The SMILES string of the molecule is CSc1cccc(N2CC(CS)CC2=O)c1. The molecule has 0 aromatic heterocycles. The molecule has 0 saturated carbocycles. The van der Waals surface area contributed by atoms with Crippen molar-refractivity contribution in [2.24, 2.45) is 5.92 Å². The van der Waals surface area contributed by atoms with Crippen LogP contribution in [0.5, 0.6) is 0 Å². The maximum Gasteiger partial charge on any atom is 0.227 e. The molecule has 1 heterocycles. The van der Waals surface area contributed by atoms with Crippen LogP contribution in [0.3, 0.4) is 0 Å². The summed E-state index contributed by atoms with van der Waals surface area (Å²) in [4.78, 5) is 14.9. The number of anilines is 1. The smallest absolute Gasteiger partial charge is 0.227 e. The lowest BCUT2D eigenvalue weighted by molar-refractivity contribution is -0.117. The summed E-state index contributed by atoms with van der Waals surface area (Å²) in [7, 11) is 0. The summed E-state index contributed by atoms with van der Waals surface area (Å²) in [5.74, 6) is 1.40. The van der Waals surface area contributed by atoms with E-state index in [2.05, 4.69) is 24.8 Å². The fourth-order valence-electron chi connectivity index (χ4n) is 1.93. The van der Waals surface area contributed by atoms with Crippen molar-refractivity contribution in [3.63, 3.8) is 0 Å². The van der Waals surface area contributed by atoms with E-state index in [0.29, 0.717) is 12.3 Å². The minimum Gasteiger partial charge on any atom is -0.312 e. The molecule has 0 aliphatic carbocycles. The Hall–Kier alpha value is -0.610. The van der Waals surface area contributed by atoms with Crippen molar-refractivity contribution < 1.29 is 4.79 Å². The van der Waals surface area contributed by atoms with E-state index in [1.165, 1.54) is 4.90 Å². The second kappa shape index (κ2) is 5.15. The number of hydrogen-bond acceptors (Lipinski definition) is 3. The van der Waals surface area contributed by atoms with Crippen LogP contribution >= 0.6 is 24.4 Å². The lowest BCUT2D eigenvalue weighted by Crippen LogP contribution is -2.24. The van der Waals surface area contributed by atoms with E-state index >= 15 is 0 Å². The van der Waals surface area contributed by atoms with Crippen molar-refractivity contribution in [3.8, 4) is 0 Å². The molecule has 1 amide bonds. The molecule has 1 aromatic rings. The molecule has 4 heteroatoms. The van der Waals surface area contributed by atoms with Gasteiger partial charge in [0, 0.05) is 23.5 Å². The van der Waals surface area contributed by atoms with Crippen molar-refractivity contribution >= 4 is 36.0 Å². The fourth-order valence-corrected chi connectivity index (χ4v) is 2.63. The van der Waals surface area contributed by atoms with Gasteiger partial charge in [0.1, 0.15) is 0 Å². The number of nitrogens with zero attached hydrogens (tertiary/aromatic N) is 1. The molecule has 86 valence electrons. The summed E-state index contributed by atoms with van der Waals surface area (Å²) in [6.45, 7) is 0.806. The number of thiol groups is 1. The van der Waals surface area contributed by atoms with Crippen molar-refractivity contribution in [2.75, 3.05) is 23.5 Å². The maximum atomic E-state index is 11.8. The van der Waals surface area contributed by atoms with Gasteiger partial charge in [-0.05, 0) is 36.1 Å². The number of carbonyl (C=O) groups is 1. The Morgan fingerprint density at radius 1 is 1.56 bits per heavy atom. The van der Waals surface area contributed by atoms with E-state index in [9.17, 15) is 4.79 Å². The summed E-state index contributed by atoms with van der Waals surface area (Å²) in [5.41, 5.74) is 1.01. The molecule has 1 unspecified atom stereocenters. The van der Waals surface area contributed by atoms with Gasteiger partial charge in [-0.2, -0.15) is 12.6 Å². The van der Waals surface area contributed by atoms with Crippen LogP contribution in [0.15, 0.2) is 29.2 Å². The highest BCUT2D eigenvalue weighted by atomic mass is 32.2. The standard InChI is InChI=1S/C12H15NOS2/c1-16-11-4-2-3-10(6-11)13-7-9(8-15)5-12(13)14/h2-4,6,9,15H,5,7-8H2,1H3. The molecule has 1 atom stereocenters. The monoisotopic (exact) mass is 253 g/mol. The lowest BCUT2D eigenvalue weighted by Gasteiger charge is -2.17. The van der Waals surface area contributed by atoms with Crippen LogP contribution in [-0.4, -0.2) is 24.5 Å². The minimum atomic E-state index is 0.220. The molecule has 1 saturated heterocycles. The Morgan fingerprint density at radius 3 is 3.00 bits per heavy atom. The van der Waals surface area contributed by atoms with Crippen molar-refractivity contribution in [3.05, 3.63) is 24.3 Å². The zero-order chi connectivity index (χ0) is 11.5. The first-order valence-electron chi connectivity index (χ1n) is 5.30. The van der Waals surface area contributed by atoms with Crippen LogP contribution in [0.1, 0.15) is 6.42 Å². The van der Waals surface area contributed by atoms with Gasteiger partial charge in [0.05, 0.1) is 0 Å². The highest BCUT2D eigenvalue weighted by Gasteiger charge is 2.29. The second-order valence-corrected chi connectivity index (χ2v) is 5.20. The van der Waals surface area contributed by atoms with Crippen LogP contribution in [0.25, 0.3) is 0 Å². The molecule has 2 nitrogen and oxygen atoms in total. The first-order chi connectivity index (χ1) is 7.74. The molecular formula is C12H15NOS2. The van der Waals surface area contributed by atoms with E-state index < -0.39 is 0 Å². The first kappa shape index (κ1) is 11.9. The largest absolute Gasteiger partial charge is 0.312 e. The van der Waals surface area contributed by atoms with Gasteiger partial charge in [0.15, 0.2) is 0 Å². The van der Waals surface area contributed by atoms with Gasteiger partial charge < -0.3 is 4.90 Å². The van der Waals surface area contributed by atoms with Crippen molar-refractivity contribution in [1.82, 2.24) is 0 Å². The van der Waals surface area contributed by atoms with Gasteiger partial charge >= 0.3 is 0 Å². The average molecular weight is 253 g/mol. The number of amides is 1. The van der Waals surface area contributed by atoms with Crippen LogP contribution in [0, 0.1) is 5.92 Å². The van der Waals surface area contributed by atoms with Gasteiger partial charge in [-0.25, -0.2) is 0 Å². The summed E-state index contributed by atoms with van der Waals surface area (Å²) in [6, 6.07) is 8.13. The van der Waals surface area contributed by atoms with E-state index in [0.717, 1.165) is 18.0 Å². The van der Waals surface area contributed by atoms with Crippen molar-refractivity contribution in [1.29, 1.82) is 0 Å². The van der Waals surface area contributed by atoms with Crippen LogP contribution in [0.4, 0.5) is 5.69 Å². The molecule has 1 aliphatic heterocycles. The van der Waals surface area contributed by atoms with E-state index in [1.807, 2.05) is 23.3 Å². The molecule has 16 heavy (non-hydrogen) atoms. The predicted octanol–water partition coefficient (Wildman–Crippen LogP) is 2.69. The van der Waals surface area contributed by atoms with Crippen molar-refractivity contribution in [2.45, 2.75) is 11.3 Å². The Labute approximate surface area is 106 Å². The molecule has 0 spiro atoms. The lowest BCUT2D eigenvalue weighted by atomic mass is 10.1. The van der Waals surface area contributed by atoms with Gasteiger partial charge in [-0.3, -0.25) is 4.79 Å². The van der Waals surface area contributed by atoms with Crippen LogP contribution < -0.4 is 4.90 Å². The topological polar surface area (TPSA) is 20.3 Å². The quantitative estimate of drug-likeness (QED) is 0.660. The number of benzene rings is 1. The first-order valence-corrected chi connectivity index (χ1v) is 7.15. The fraction of sp³-hybridized carbons (Fsp3) is 0.417. The summed E-state index contributed by atoms with van der Waals surface area (Å²) in [6.07, 6.45) is 2.68. The zero-order valence-corrected chi connectivity index (χ0v) is 10.9. The van der Waals surface area contributed by atoms with E-state index in [-0.39, 0.29) is 5.91 Å². The number of carbonyl (C=O) groups excluding carboxylic acids is 1. The second-order valence-electron chi connectivity index (χ2n) is 3.96. The van der Waals surface area contributed by atoms with Gasteiger partial charge in [-0.15, -0.1) is 11.8 Å². The van der Waals surface area contributed by atoms with E-state index in [4.69, 9.17) is 0 Å². The molecule has 1 fully saturated rings. The average Bonchev–Trinajstić information content (AvgIpc) is 2.71. The highest BCUT2D eigenvalue weighted by molar-refractivity contribution is 7.98. The molecule has 0 radical (unpaired) electrons. The molecular weight excluding hydrogens is 238 g/mol. The Balaban J connectivity index is 2.20. The van der Waals surface area contributed by atoms with E-state index in [1.54, 1.807) is 11.8 Å². The molecule has 0 bridgehead atoms. The predicted molar refractivity (Wildman–Crippen MR) is 72.5 cm³/mol. The number of thioether (sulfide) groups is 1. The Kier molecular flexibility index (Phi) is 3.82. The third-order valence-electron chi connectivity index (χ3n) is 2.83. The molecule has 0 N–H and O–H groups in total. The number of hydrogen-bond donors (Lipinski definition) is 1. The Bertz CT molecular complexity index is 394. The maximum absolute atomic E-state index is 11.8. The third kappa shape index (κ3) is 2.38. The molecule has 1 aromatic carbocycles. The summed E-state index contributed by atoms with van der Waals surface area (Å²) in [5, 5.41) is 0. The minimum absolute atomic E-state index is 0.220. The molecule has 2 rings (SSSR count). The van der Waals surface area contributed by atoms with Crippen LogP contribution in [-0.2, 0) is 4.79 Å². The Morgan fingerprint density at radius 2 is 2.38 bits per heavy atom. The third-order valence-corrected chi connectivity index (χ3v) is 4.07. The van der Waals surface area contributed by atoms with Gasteiger partial charge in [0.2, 0.25) is 5.91 Å². The summed E-state index contributed by atoms with van der Waals surface area (Å²) < 4.78 is 0. The van der Waals surface area contributed by atoms with Crippen LogP contribution in [0.2, 0.25) is 0 Å². The highest BCUT2D eigenvalue weighted by Crippen LogP contribution is 2.28. The summed E-state index contributed by atoms with van der Waals surface area (Å²) >= 11 is 5.96. The molecule has 1 aliphatic rings. The number of rotatable bonds is 3.